The maximum Gasteiger partial charge on any atom is 0.0499 e. The first kappa shape index (κ1) is 12.9. The Labute approximate surface area is 94.2 Å². The first-order valence-corrected chi connectivity index (χ1v) is 6.14. The minimum atomic E-state index is 0.615. The number of methoxy groups -OCH3 is 1. The van der Waals surface area contributed by atoms with E-state index in [0.717, 1.165) is 25.7 Å². The second-order valence-electron chi connectivity index (χ2n) is 4.85. The Morgan fingerprint density at radius 2 is 2.27 bits per heavy atom. The second-order valence-corrected chi connectivity index (χ2v) is 4.85. The molecular formula is C12H26N2O. The van der Waals surface area contributed by atoms with Gasteiger partial charge in [0.05, 0.1) is 0 Å². The molecule has 2 unspecified atom stereocenters. The van der Waals surface area contributed by atoms with Gasteiger partial charge in [-0.05, 0) is 38.9 Å². The van der Waals surface area contributed by atoms with Gasteiger partial charge in [-0.3, -0.25) is 0 Å². The van der Waals surface area contributed by atoms with Crippen LogP contribution in [0.5, 0.6) is 0 Å². The van der Waals surface area contributed by atoms with Crippen LogP contribution in [0.4, 0.5) is 0 Å². The average Bonchev–Trinajstić information content (AvgIpc) is 2.21. The number of hydrogen-bond acceptors (Lipinski definition) is 3. The monoisotopic (exact) mass is 214 g/mol. The summed E-state index contributed by atoms with van der Waals surface area (Å²) in [5, 5.41) is 3.55. The van der Waals surface area contributed by atoms with Crippen LogP contribution in [0.3, 0.4) is 0 Å². The Hall–Kier alpha value is -0.120. The van der Waals surface area contributed by atoms with Crippen LogP contribution in [0.2, 0.25) is 0 Å². The number of nitrogens with zero attached hydrogens (tertiary/aromatic N) is 1. The molecule has 15 heavy (non-hydrogen) atoms. The molecule has 0 spiro atoms. The lowest BCUT2D eigenvalue weighted by Gasteiger charge is -2.32. The molecule has 0 aromatic carbocycles. The molecule has 0 saturated carbocycles. The molecule has 3 heteroatoms. The van der Waals surface area contributed by atoms with Crippen LogP contribution in [-0.2, 0) is 4.74 Å². The van der Waals surface area contributed by atoms with Crippen molar-refractivity contribution in [3.8, 4) is 0 Å². The Kier molecular flexibility index (Phi) is 6.22. The van der Waals surface area contributed by atoms with Crippen molar-refractivity contribution in [2.75, 3.05) is 40.4 Å². The molecule has 90 valence electrons. The van der Waals surface area contributed by atoms with Crippen molar-refractivity contribution >= 4 is 0 Å². The highest BCUT2D eigenvalue weighted by Crippen LogP contribution is 2.13. The van der Waals surface area contributed by atoms with Crippen molar-refractivity contribution in [1.29, 1.82) is 0 Å². The number of rotatable bonds is 6. The van der Waals surface area contributed by atoms with E-state index >= 15 is 0 Å². The molecule has 0 amide bonds. The predicted molar refractivity (Wildman–Crippen MR) is 64.2 cm³/mol. The van der Waals surface area contributed by atoms with E-state index in [0.29, 0.717) is 5.92 Å². The summed E-state index contributed by atoms with van der Waals surface area (Å²) >= 11 is 0. The van der Waals surface area contributed by atoms with Crippen molar-refractivity contribution in [3.63, 3.8) is 0 Å². The van der Waals surface area contributed by atoms with Gasteiger partial charge in [-0.25, -0.2) is 0 Å². The van der Waals surface area contributed by atoms with E-state index in [2.05, 4.69) is 24.2 Å². The first-order chi connectivity index (χ1) is 7.24. The highest BCUT2D eigenvalue weighted by molar-refractivity contribution is 4.76. The number of piperidine rings is 1. The van der Waals surface area contributed by atoms with Crippen molar-refractivity contribution in [3.05, 3.63) is 0 Å². The zero-order chi connectivity index (χ0) is 11.1. The van der Waals surface area contributed by atoms with Crippen LogP contribution in [0, 0.1) is 5.92 Å². The molecule has 0 aromatic heterocycles. The summed E-state index contributed by atoms with van der Waals surface area (Å²) in [6.07, 6.45) is 4.11. The molecule has 1 rings (SSSR count). The third-order valence-corrected chi connectivity index (χ3v) is 3.25. The lowest BCUT2D eigenvalue weighted by atomic mass is 10.0. The zero-order valence-corrected chi connectivity index (χ0v) is 10.5. The van der Waals surface area contributed by atoms with Gasteiger partial charge < -0.3 is 15.0 Å². The molecule has 1 heterocycles. The fourth-order valence-electron chi connectivity index (χ4n) is 2.24. The lowest BCUT2D eigenvalue weighted by Crippen LogP contribution is -2.44. The number of nitrogens with one attached hydrogen (secondary N) is 1. The average molecular weight is 214 g/mol. The van der Waals surface area contributed by atoms with Gasteiger partial charge in [-0.1, -0.05) is 13.3 Å². The largest absolute Gasteiger partial charge is 0.384 e. The predicted octanol–water partition coefficient (Wildman–Crippen LogP) is 1.34. The Morgan fingerprint density at radius 1 is 1.47 bits per heavy atom. The number of likely N-dealkylation sites (N-methyl/N-ethyl adjacent to an activating group) is 1. The van der Waals surface area contributed by atoms with E-state index < -0.39 is 0 Å². The van der Waals surface area contributed by atoms with E-state index in [1.165, 1.54) is 25.8 Å². The Morgan fingerprint density at radius 3 is 2.93 bits per heavy atom. The number of hydrogen-bond donors (Lipinski definition) is 1. The van der Waals surface area contributed by atoms with Gasteiger partial charge in [0.1, 0.15) is 0 Å². The van der Waals surface area contributed by atoms with Gasteiger partial charge in [0.2, 0.25) is 0 Å². The minimum Gasteiger partial charge on any atom is -0.384 e. The van der Waals surface area contributed by atoms with Gasteiger partial charge in [0.15, 0.2) is 0 Å². The topological polar surface area (TPSA) is 24.5 Å². The Balaban J connectivity index is 2.08. The molecule has 0 radical (unpaired) electrons. The van der Waals surface area contributed by atoms with Gasteiger partial charge in [-0.15, -0.1) is 0 Å². The van der Waals surface area contributed by atoms with Crippen LogP contribution in [-0.4, -0.2) is 51.3 Å². The molecule has 2 atom stereocenters. The Bertz CT molecular complexity index is 164. The molecule has 0 aromatic rings. The normalized spacial score (nSPS) is 25.4. The summed E-state index contributed by atoms with van der Waals surface area (Å²) in [5.41, 5.74) is 0. The van der Waals surface area contributed by atoms with Crippen molar-refractivity contribution in [1.82, 2.24) is 10.2 Å². The molecule has 3 nitrogen and oxygen atoms in total. The summed E-state index contributed by atoms with van der Waals surface area (Å²) < 4.78 is 5.12. The van der Waals surface area contributed by atoms with Crippen LogP contribution in [0.15, 0.2) is 0 Å². The van der Waals surface area contributed by atoms with Crippen LogP contribution in [0.1, 0.15) is 26.2 Å². The quantitative estimate of drug-likeness (QED) is 0.722. The summed E-state index contributed by atoms with van der Waals surface area (Å²) in [7, 11) is 4.01. The van der Waals surface area contributed by atoms with Crippen LogP contribution in [0.25, 0.3) is 0 Å². The van der Waals surface area contributed by atoms with E-state index in [1.807, 2.05) is 0 Å². The summed E-state index contributed by atoms with van der Waals surface area (Å²) in [6, 6.07) is 0.744. The number of likely N-dealkylation sites (tertiary alicyclic amines) is 1. The van der Waals surface area contributed by atoms with Crippen molar-refractivity contribution < 1.29 is 4.74 Å². The van der Waals surface area contributed by atoms with Crippen molar-refractivity contribution in [2.24, 2.45) is 5.92 Å². The van der Waals surface area contributed by atoms with Crippen LogP contribution >= 0.6 is 0 Å². The van der Waals surface area contributed by atoms with Crippen molar-refractivity contribution in [2.45, 2.75) is 32.2 Å². The molecule has 1 fully saturated rings. The van der Waals surface area contributed by atoms with E-state index in [-0.39, 0.29) is 0 Å². The molecule has 0 aliphatic carbocycles. The number of ether oxygens (including phenoxy) is 1. The molecule has 1 saturated heterocycles. The summed E-state index contributed by atoms with van der Waals surface area (Å²) in [5.74, 6) is 0.615. The maximum atomic E-state index is 5.12. The fraction of sp³-hybridized carbons (Fsp3) is 1.00. The SMILES string of the molecule is COCC(C)CNCC1CCCCN1C. The van der Waals surface area contributed by atoms with Gasteiger partial charge in [-0.2, -0.15) is 0 Å². The molecule has 0 bridgehead atoms. The molecule has 1 aliphatic rings. The summed E-state index contributed by atoms with van der Waals surface area (Å²) in [6.45, 7) is 6.54. The molecular weight excluding hydrogens is 188 g/mol. The first-order valence-electron chi connectivity index (χ1n) is 6.14. The highest BCUT2D eigenvalue weighted by Gasteiger charge is 2.18. The summed E-state index contributed by atoms with van der Waals surface area (Å²) in [4.78, 5) is 2.48. The molecule has 1 aliphatic heterocycles. The van der Waals surface area contributed by atoms with Gasteiger partial charge >= 0.3 is 0 Å². The zero-order valence-electron chi connectivity index (χ0n) is 10.5. The standard InChI is InChI=1S/C12H26N2O/c1-11(10-15-3)8-13-9-12-6-4-5-7-14(12)2/h11-13H,4-10H2,1-3H3. The van der Waals surface area contributed by atoms with Crippen LogP contribution < -0.4 is 5.32 Å². The molecule has 1 N–H and O–H groups in total. The van der Waals surface area contributed by atoms with E-state index in [9.17, 15) is 0 Å². The van der Waals surface area contributed by atoms with Gasteiger partial charge in [0, 0.05) is 26.3 Å². The second kappa shape index (κ2) is 7.20. The maximum absolute atomic E-state index is 5.12. The highest BCUT2D eigenvalue weighted by atomic mass is 16.5. The lowest BCUT2D eigenvalue weighted by molar-refractivity contribution is 0.151. The third kappa shape index (κ3) is 4.96. The third-order valence-electron chi connectivity index (χ3n) is 3.25. The van der Waals surface area contributed by atoms with Gasteiger partial charge in [0.25, 0.3) is 0 Å². The minimum absolute atomic E-state index is 0.615. The fourth-order valence-corrected chi connectivity index (χ4v) is 2.24. The van der Waals surface area contributed by atoms with E-state index in [1.54, 1.807) is 7.11 Å². The van der Waals surface area contributed by atoms with E-state index in [4.69, 9.17) is 4.74 Å². The smallest absolute Gasteiger partial charge is 0.0499 e.